The predicted octanol–water partition coefficient (Wildman–Crippen LogP) is 3.39. The van der Waals surface area contributed by atoms with E-state index in [1.165, 1.54) is 6.42 Å². The number of carbonyl (C=O) groups is 1. The number of nitrogens with one attached hydrogen (secondary N) is 1. The molecule has 0 aromatic heterocycles. The molecule has 1 N–H and O–H groups in total. The molecule has 1 saturated carbocycles. The third-order valence-electron chi connectivity index (χ3n) is 3.60. The van der Waals surface area contributed by atoms with Crippen LogP contribution in [0.3, 0.4) is 0 Å². The summed E-state index contributed by atoms with van der Waals surface area (Å²) in [5.74, 6) is 1.51. The van der Waals surface area contributed by atoms with Gasteiger partial charge in [0.25, 0.3) is 5.91 Å². The first-order chi connectivity index (χ1) is 9.19. The summed E-state index contributed by atoms with van der Waals surface area (Å²) in [5.41, 5.74) is 0.688. The van der Waals surface area contributed by atoms with Crippen molar-refractivity contribution in [2.24, 2.45) is 5.92 Å². The summed E-state index contributed by atoms with van der Waals surface area (Å²) in [6, 6.07) is 7.76. The van der Waals surface area contributed by atoms with Crippen molar-refractivity contribution in [1.29, 1.82) is 0 Å². The van der Waals surface area contributed by atoms with Gasteiger partial charge in [-0.05, 0) is 49.8 Å². The van der Waals surface area contributed by atoms with Crippen molar-refractivity contribution in [3.63, 3.8) is 0 Å². The Balaban J connectivity index is 1.94. The Hall–Kier alpha value is -1.51. The largest absolute Gasteiger partial charge is 0.494 e. The van der Waals surface area contributed by atoms with Gasteiger partial charge in [-0.15, -0.1) is 0 Å². The van der Waals surface area contributed by atoms with E-state index >= 15 is 0 Å². The quantitative estimate of drug-likeness (QED) is 0.882. The van der Waals surface area contributed by atoms with E-state index in [2.05, 4.69) is 19.2 Å². The van der Waals surface area contributed by atoms with Gasteiger partial charge in [-0.25, -0.2) is 0 Å². The summed E-state index contributed by atoms with van der Waals surface area (Å²) in [6.45, 7) is 4.99. The van der Waals surface area contributed by atoms with Crippen molar-refractivity contribution >= 4 is 5.91 Å². The molecule has 0 spiro atoms. The number of hydrogen-bond acceptors (Lipinski definition) is 2. The summed E-state index contributed by atoms with van der Waals surface area (Å²) in [5, 5.41) is 3.11. The summed E-state index contributed by atoms with van der Waals surface area (Å²) >= 11 is 0. The van der Waals surface area contributed by atoms with Crippen LogP contribution in [0.15, 0.2) is 24.3 Å². The van der Waals surface area contributed by atoms with E-state index in [-0.39, 0.29) is 5.91 Å². The summed E-state index contributed by atoms with van der Waals surface area (Å²) < 4.78 is 5.55. The average Bonchev–Trinajstić information content (AvgIpc) is 2.82. The summed E-state index contributed by atoms with van der Waals surface area (Å²) in [6.07, 6.45) is 4.37. The monoisotopic (exact) mass is 261 g/mol. The molecule has 1 aliphatic carbocycles. The molecule has 1 fully saturated rings. The Kier molecular flexibility index (Phi) is 4.83. The van der Waals surface area contributed by atoms with E-state index in [4.69, 9.17) is 4.74 Å². The molecule has 0 aliphatic heterocycles. The van der Waals surface area contributed by atoms with E-state index in [0.717, 1.165) is 30.9 Å². The number of hydrogen-bond donors (Lipinski definition) is 1. The lowest BCUT2D eigenvalue weighted by Crippen LogP contribution is -2.32. The average molecular weight is 261 g/mol. The minimum atomic E-state index is 0.0149. The molecule has 1 aromatic carbocycles. The zero-order valence-electron chi connectivity index (χ0n) is 11.8. The molecule has 0 radical (unpaired) electrons. The number of benzene rings is 1. The fourth-order valence-electron chi connectivity index (χ4n) is 2.55. The summed E-state index contributed by atoms with van der Waals surface area (Å²) in [7, 11) is 0. The van der Waals surface area contributed by atoms with Crippen LogP contribution in [-0.2, 0) is 0 Å². The van der Waals surface area contributed by atoms with Crippen LogP contribution in [0.4, 0.5) is 0 Å². The van der Waals surface area contributed by atoms with Crippen LogP contribution in [0, 0.1) is 5.92 Å². The van der Waals surface area contributed by atoms with E-state index < -0.39 is 0 Å². The van der Waals surface area contributed by atoms with Crippen LogP contribution in [0.5, 0.6) is 5.75 Å². The lowest BCUT2D eigenvalue weighted by Gasteiger charge is -2.13. The molecule has 3 heteroatoms. The van der Waals surface area contributed by atoms with Crippen molar-refractivity contribution in [3.8, 4) is 5.75 Å². The normalized spacial score (nSPS) is 22.2. The zero-order chi connectivity index (χ0) is 13.7. The maximum Gasteiger partial charge on any atom is 0.251 e. The van der Waals surface area contributed by atoms with Gasteiger partial charge >= 0.3 is 0 Å². The second-order valence-corrected chi connectivity index (χ2v) is 5.46. The van der Waals surface area contributed by atoms with Gasteiger partial charge in [-0.2, -0.15) is 0 Å². The minimum Gasteiger partial charge on any atom is -0.494 e. The van der Waals surface area contributed by atoms with Gasteiger partial charge in [0, 0.05) is 11.6 Å². The maximum absolute atomic E-state index is 12.2. The van der Waals surface area contributed by atoms with Crippen LogP contribution >= 0.6 is 0 Å². The number of rotatable bonds is 5. The highest BCUT2D eigenvalue weighted by molar-refractivity contribution is 5.94. The molecular formula is C16H23NO2. The Morgan fingerprint density at radius 3 is 2.95 bits per heavy atom. The highest BCUT2D eigenvalue weighted by Gasteiger charge is 2.23. The molecular weight excluding hydrogens is 238 g/mol. The number of ether oxygens (including phenoxy) is 1. The van der Waals surface area contributed by atoms with Crippen LogP contribution in [0.2, 0.25) is 0 Å². The molecule has 0 bridgehead atoms. The Bertz CT molecular complexity index is 431. The first kappa shape index (κ1) is 13.9. The standard InChI is InChI=1S/C16H23NO2/c1-3-9-19-15-6-4-5-13(11-15)16(18)17-14-8-7-12(2)10-14/h4-6,11-12,14H,3,7-10H2,1-2H3,(H,17,18). The van der Waals surface area contributed by atoms with Gasteiger partial charge in [-0.3, -0.25) is 4.79 Å². The third-order valence-corrected chi connectivity index (χ3v) is 3.60. The van der Waals surface area contributed by atoms with E-state index in [9.17, 15) is 4.79 Å². The van der Waals surface area contributed by atoms with Gasteiger partial charge < -0.3 is 10.1 Å². The fraction of sp³-hybridized carbons (Fsp3) is 0.562. The molecule has 104 valence electrons. The molecule has 1 amide bonds. The van der Waals surface area contributed by atoms with Gasteiger partial charge in [0.15, 0.2) is 0 Å². The van der Waals surface area contributed by atoms with Crippen LogP contribution in [-0.4, -0.2) is 18.6 Å². The smallest absolute Gasteiger partial charge is 0.251 e. The molecule has 1 aromatic rings. The van der Waals surface area contributed by atoms with Crippen molar-refractivity contribution in [1.82, 2.24) is 5.32 Å². The lowest BCUT2D eigenvalue weighted by molar-refractivity contribution is 0.0937. The van der Waals surface area contributed by atoms with Crippen molar-refractivity contribution in [2.75, 3.05) is 6.61 Å². The van der Waals surface area contributed by atoms with Crippen LogP contribution in [0.25, 0.3) is 0 Å². The number of carbonyl (C=O) groups excluding carboxylic acids is 1. The predicted molar refractivity (Wildman–Crippen MR) is 76.5 cm³/mol. The molecule has 2 unspecified atom stereocenters. The zero-order valence-corrected chi connectivity index (χ0v) is 11.8. The highest BCUT2D eigenvalue weighted by atomic mass is 16.5. The Labute approximate surface area is 115 Å². The molecule has 2 rings (SSSR count). The first-order valence-corrected chi connectivity index (χ1v) is 7.22. The molecule has 1 aliphatic rings. The first-order valence-electron chi connectivity index (χ1n) is 7.22. The van der Waals surface area contributed by atoms with Crippen LogP contribution < -0.4 is 10.1 Å². The lowest BCUT2D eigenvalue weighted by atomic mass is 10.1. The molecule has 3 nitrogen and oxygen atoms in total. The topological polar surface area (TPSA) is 38.3 Å². The highest BCUT2D eigenvalue weighted by Crippen LogP contribution is 2.25. The van der Waals surface area contributed by atoms with Gasteiger partial charge in [0.2, 0.25) is 0 Å². The number of amides is 1. The van der Waals surface area contributed by atoms with E-state index in [1.807, 2.05) is 24.3 Å². The third kappa shape index (κ3) is 3.98. The molecule has 0 saturated heterocycles. The van der Waals surface area contributed by atoms with Gasteiger partial charge in [-0.1, -0.05) is 19.9 Å². The van der Waals surface area contributed by atoms with Gasteiger partial charge in [0.1, 0.15) is 5.75 Å². The molecule has 0 heterocycles. The second kappa shape index (κ2) is 6.60. The maximum atomic E-state index is 12.2. The minimum absolute atomic E-state index is 0.0149. The second-order valence-electron chi connectivity index (χ2n) is 5.46. The molecule has 2 atom stereocenters. The van der Waals surface area contributed by atoms with Crippen molar-refractivity contribution in [2.45, 2.75) is 45.6 Å². The van der Waals surface area contributed by atoms with Crippen LogP contribution in [0.1, 0.15) is 49.9 Å². The van der Waals surface area contributed by atoms with E-state index in [1.54, 1.807) is 0 Å². The summed E-state index contributed by atoms with van der Waals surface area (Å²) in [4.78, 5) is 12.2. The fourth-order valence-corrected chi connectivity index (χ4v) is 2.55. The SMILES string of the molecule is CCCOc1cccc(C(=O)NC2CCC(C)C2)c1. The van der Waals surface area contributed by atoms with E-state index in [0.29, 0.717) is 18.2 Å². The van der Waals surface area contributed by atoms with Crippen molar-refractivity contribution in [3.05, 3.63) is 29.8 Å². The van der Waals surface area contributed by atoms with Crippen molar-refractivity contribution < 1.29 is 9.53 Å². The Morgan fingerprint density at radius 1 is 1.42 bits per heavy atom. The van der Waals surface area contributed by atoms with Gasteiger partial charge in [0.05, 0.1) is 6.61 Å². The molecule has 19 heavy (non-hydrogen) atoms. The Morgan fingerprint density at radius 2 is 2.26 bits per heavy atom.